The molecule has 2 N–H and O–H groups in total. The zero-order valence-electron chi connectivity index (χ0n) is 8.51. The Bertz CT molecular complexity index is 368. The number of alkyl halides is 3. The molecule has 90 valence electrons. The van der Waals surface area contributed by atoms with Crippen molar-refractivity contribution >= 4 is 11.6 Å². The third-order valence-electron chi connectivity index (χ3n) is 2.07. The molecule has 0 unspecified atom stereocenters. The molecular weight excluding hydrogens is 243 g/mol. The lowest BCUT2D eigenvalue weighted by atomic mass is 10.0. The van der Waals surface area contributed by atoms with Crippen LogP contribution in [0.15, 0.2) is 18.2 Å². The number of benzene rings is 1. The van der Waals surface area contributed by atoms with Crippen molar-refractivity contribution in [3.63, 3.8) is 0 Å². The maximum Gasteiger partial charge on any atom is 0.416 e. The summed E-state index contributed by atoms with van der Waals surface area (Å²) in [5, 5.41) is 0.0284. The molecular formula is C10H11ClF3NO. The summed E-state index contributed by atoms with van der Waals surface area (Å²) in [4.78, 5) is 0. The van der Waals surface area contributed by atoms with Crippen molar-refractivity contribution in [2.75, 3.05) is 13.7 Å². The normalized spacial score (nSPS) is 13.9. The van der Waals surface area contributed by atoms with E-state index in [4.69, 9.17) is 22.1 Å². The summed E-state index contributed by atoms with van der Waals surface area (Å²) in [7, 11) is 1.38. The van der Waals surface area contributed by atoms with Gasteiger partial charge in [-0.15, -0.1) is 0 Å². The zero-order chi connectivity index (χ0) is 12.3. The monoisotopic (exact) mass is 253 g/mol. The molecule has 16 heavy (non-hydrogen) atoms. The predicted molar refractivity (Wildman–Crippen MR) is 55.3 cm³/mol. The third-order valence-corrected chi connectivity index (χ3v) is 2.30. The first-order valence-electron chi connectivity index (χ1n) is 4.47. The zero-order valence-corrected chi connectivity index (χ0v) is 9.27. The summed E-state index contributed by atoms with van der Waals surface area (Å²) < 4.78 is 42.8. The van der Waals surface area contributed by atoms with Crippen LogP contribution in [0.1, 0.15) is 17.2 Å². The molecule has 0 bridgehead atoms. The van der Waals surface area contributed by atoms with Crippen molar-refractivity contribution < 1.29 is 17.9 Å². The molecule has 0 heterocycles. The molecule has 0 aromatic heterocycles. The Kier molecular flexibility index (Phi) is 4.18. The first-order chi connectivity index (χ1) is 7.36. The summed E-state index contributed by atoms with van der Waals surface area (Å²) >= 11 is 5.53. The molecule has 0 saturated carbocycles. The van der Waals surface area contributed by atoms with E-state index < -0.39 is 17.8 Å². The van der Waals surface area contributed by atoms with Crippen molar-refractivity contribution in [2.45, 2.75) is 12.2 Å². The smallest absolute Gasteiger partial charge is 0.383 e. The Morgan fingerprint density at radius 2 is 2.06 bits per heavy atom. The van der Waals surface area contributed by atoms with Gasteiger partial charge in [-0.1, -0.05) is 17.7 Å². The second-order valence-electron chi connectivity index (χ2n) is 3.29. The first-order valence-corrected chi connectivity index (χ1v) is 4.85. The molecule has 2 nitrogen and oxygen atoms in total. The van der Waals surface area contributed by atoms with Crippen molar-refractivity contribution in [2.24, 2.45) is 5.73 Å². The Morgan fingerprint density at radius 1 is 1.44 bits per heavy atom. The van der Waals surface area contributed by atoms with Crippen LogP contribution in [-0.4, -0.2) is 13.7 Å². The Labute approximate surface area is 96.1 Å². The van der Waals surface area contributed by atoms with Gasteiger partial charge in [0.15, 0.2) is 0 Å². The van der Waals surface area contributed by atoms with Gasteiger partial charge >= 0.3 is 6.18 Å². The van der Waals surface area contributed by atoms with E-state index in [0.717, 1.165) is 6.07 Å². The average molecular weight is 254 g/mol. The molecule has 0 radical (unpaired) electrons. The Balaban J connectivity index is 3.18. The van der Waals surface area contributed by atoms with Gasteiger partial charge in [-0.3, -0.25) is 0 Å². The maximum absolute atomic E-state index is 12.7. The van der Waals surface area contributed by atoms with E-state index in [1.54, 1.807) is 0 Å². The van der Waals surface area contributed by atoms with Gasteiger partial charge in [0.1, 0.15) is 0 Å². The molecule has 1 aromatic carbocycles. The van der Waals surface area contributed by atoms with Gasteiger partial charge in [0, 0.05) is 12.1 Å². The molecule has 0 saturated heterocycles. The number of hydrogen-bond donors (Lipinski definition) is 1. The molecule has 6 heteroatoms. The Hall–Kier alpha value is -0.780. The van der Waals surface area contributed by atoms with Gasteiger partial charge in [0.25, 0.3) is 0 Å². The lowest BCUT2D eigenvalue weighted by Crippen LogP contribution is -2.21. The summed E-state index contributed by atoms with van der Waals surface area (Å²) in [5.41, 5.74) is 4.75. The van der Waals surface area contributed by atoms with E-state index in [9.17, 15) is 13.2 Å². The minimum Gasteiger partial charge on any atom is -0.383 e. The van der Waals surface area contributed by atoms with Crippen LogP contribution >= 0.6 is 11.6 Å². The van der Waals surface area contributed by atoms with Crippen molar-refractivity contribution in [3.05, 3.63) is 34.3 Å². The van der Waals surface area contributed by atoms with Crippen LogP contribution in [0, 0.1) is 0 Å². The largest absolute Gasteiger partial charge is 0.416 e. The van der Waals surface area contributed by atoms with Crippen molar-refractivity contribution in [1.29, 1.82) is 0 Å². The molecule has 1 aromatic rings. The van der Waals surface area contributed by atoms with Gasteiger partial charge in [-0.25, -0.2) is 0 Å². The second-order valence-corrected chi connectivity index (χ2v) is 3.73. The highest BCUT2D eigenvalue weighted by atomic mass is 35.5. The predicted octanol–water partition coefficient (Wildman–Crippen LogP) is 3.01. The number of halogens is 4. The van der Waals surface area contributed by atoms with E-state index in [1.165, 1.54) is 19.2 Å². The van der Waals surface area contributed by atoms with Crippen molar-refractivity contribution in [3.8, 4) is 0 Å². The van der Waals surface area contributed by atoms with E-state index in [0.29, 0.717) is 0 Å². The highest BCUT2D eigenvalue weighted by molar-refractivity contribution is 6.30. The fourth-order valence-electron chi connectivity index (χ4n) is 1.37. The van der Waals surface area contributed by atoms with Gasteiger partial charge in [0.2, 0.25) is 0 Å². The van der Waals surface area contributed by atoms with Crippen LogP contribution in [-0.2, 0) is 10.9 Å². The molecule has 0 aliphatic rings. The molecule has 0 spiro atoms. The minimum atomic E-state index is -4.47. The number of ether oxygens (including phenoxy) is 1. The van der Waals surface area contributed by atoms with E-state index in [1.807, 2.05) is 0 Å². The fraction of sp³-hybridized carbons (Fsp3) is 0.400. The van der Waals surface area contributed by atoms with Crippen LogP contribution in [0.3, 0.4) is 0 Å². The topological polar surface area (TPSA) is 35.2 Å². The third kappa shape index (κ3) is 3.10. The molecule has 1 atom stereocenters. The number of hydrogen-bond acceptors (Lipinski definition) is 2. The van der Waals surface area contributed by atoms with Crippen LogP contribution in [0.2, 0.25) is 5.02 Å². The van der Waals surface area contributed by atoms with Gasteiger partial charge < -0.3 is 10.5 Å². The van der Waals surface area contributed by atoms with Crippen LogP contribution in [0.4, 0.5) is 13.2 Å². The van der Waals surface area contributed by atoms with E-state index in [-0.39, 0.29) is 17.2 Å². The summed E-state index contributed by atoms with van der Waals surface area (Å²) in [6, 6.07) is 2.70. The van der Waals surface area contributed by atoms with Crippen LogP contribution in [0.5, 0.6) is 0 Å². The molecule has 0 amide bonds. The van der Waals surface area contributed by atoms with Crippen molar-refractivity contribution in [1.82, 2.24) is 0 Å². The second kappa shape index (κ2) is 5.03. The fourth-order valence-corrected chi connectivity index (χ4v) is 1.54. The van der Waals surface area contributed by atoms with E-state index in [2.05, 4.69) is 0 Å². The Morgan fingerprint density at radius 3 is 2.56 bits per heavy atom. The highest BCUT2D eigenvalue weighted by Gasteiger charge is 2.34. The highest BCUT2D eigenvalue weighted by Crippen LogP contribution is 2.35. The van der Waals surface area contributed by atoms with E-state index >= 15 is 0 Å². The van der Waals surface area contributed by atoms with Gasteiger partial charge in [0.05, 0.1) is 18.2 Å². The maximum atomic E-state index is 12.7. The lowest BCUT2D eigenvalue weighted by Gasteiger charge is -2.17. The van der Waals surface area contributed by atoms with Crippen LogP contribution in [0.25, 0.3) is 0 Å². The number of nitrogens with two attached hydrogens (primary N) is 1. The SMILES string of the molecule is COC[C@H](N)c1ccc(Cl)cc1C(F)(F)F. The summed E-state index contributed by atoms with van der Waals surface area (Å²) in [6.07, 6.45) is -4.47. The van der Waals surface area contributed by atoms with Gasteiger partial charge in [-0.05, 0) is 17.7 Å². The lowest BCUT2D eigenvalue weighted by molar-refractivity contribution is -0.138. The number of rotatable bonds is 3. The molecule has 0 aliphatic heterocycles. The number of methoxy groups -OCH3 is 1. The van der Waals surface area contributed by atoms with Crippen LogP contribution < -0.4 is 5.73 Å². The van der Waals surface area contributed by atoms with Gasteiger partial charge in [-0.2, -0.15) is 13.2 Å². The standard InChI is InChI=1S/C10H11ClF3NO/c1-16-5-9(15)7-3-2-6(11)4-8(7)10(12,13)14/h2-4,9H,5,15H2,1H3/t9-/m0/s1. The summed E-state index contributed by atoms with van der Waals surface area (Å²) in [5.74, 6) is 0. The average Bonchev–Trinajstić information content (AvgIpc) is 2.16. The molecule has 0 aliphatic carbocycles. The molecule has 1 rings (SSSR count). The quantitative estimate of drug-likeness (QED) is 0.899. The molecule has 0 fully saturated rings. The minimum absolute atomic E-state index is 0.0150. The summed E-state index contributed by atoms with van der Waals surface area (Å²) in [6.45, 7) is 0.0186. The first kappa shape index (κ1) is 13.3.